The maximum Gasteiger partial charge on any atom is 0.194 e. The van der Waals surface area contributed by atoms with Gasteiger partial charge in [0.15, 0.2) is 17.5 Å². The Balaban J connectivity index is 2.50. The van der Waals surface area contributed by atoms with Crippen LogP contribution in [0, 0.1) is 24.4 Å². The lowest BCUT2D eigenvalue weighted by Crippen LogP contribution is -2.16. The van der Waals surface area contributed by atoms with Crippen molar-refractivity contribution < 1.29 is 13.2 Å². The normalized spacial score (nSPS) is 12.5. The van der Waals surface area contributed by atoms with Crippen molar-refractivity contribution in [1.82, 2.24) is 0 Å². The minimum Gasteiger partial charge on any atom is -0.320 e. The summed E-state index contributed by atoms with van der Waals surface area (Å²) in [6.45, 7) is 1.76. The quantitative estimate of drug-likeness (QED) is 0.826. The summed E-state index contributed by atoms with van der Waals surface area (Å²) in [4.78, 5) is 0. The van der Waals surface area contributed by atoms with E-state index in [1.54, 1.807) is 25.1 Å². The standard InChI is InChI=1S/C14H11ClF3N/c1-7-6-8(15)2-3-9(7)14(19)10-4-5-11(16)13(18)12(10)17/h2-6,14H,19H2,1H3. The molecule has 0 aliphatic carbocycles. The van der Waals surface area contributed by atoms with E-state index < -0.39 is 23.5 Å². The number of aryl methyl sites for hydroxylation is 1. The summed E-state index contributed by atoms with van der Waals surface area (Å²) in [6.07, 6.45) is 0. The molecule has 2 aromatic rings. The topological polar surface area (TPSA) is 26.0 Å². The molecule has 0 spiro atoms. The molecule has 0 aromatic heterocycles. The lowest BCUT2D eigenvalue weighted by molar-refractivity contribution is 0.438. The fraction of sp³-hybridized carbons (Fsp3) is 0.143. The SMILES string of the molecule is Cc1cc(Cl)ccc1C(N)c1ccc(F)c(F)c1F. The second-order valence-corrected chi connectivity index (χ2v) is 4.68. The van der Waals surface area contributed by atoms with Crippen LogP contribution < -0.4 is 5.73 Å². The van der Waals surface area contributed by atoms with Crippen molar-refractivity contribution in [2.45, 2.75) is 13.0 Å². The van der Waals surface area contributed by atoms with Gasteiger partial charge < -0.3 is 5.73 Å². The van der Waals surface area contributed by atoms with Crippen LogP contribution in [0.1, 0.15) is 22.7 Å². The summed E-state index contributed by atoms with van der Waals surface area (Å²) < 4.78 is 39.8. The number of benzene rings is 2. The highest BCUT2D eigenvalue weighted by Crippen LogP contribution is 2.28. The van der Waals surface area contributed by atoms with Crippen molar-refractivity contribution in [1.29, 1.82) is 0 Å². The van der Waals surface area contributed by atoms with E-state index in [1.165, 1.54) is 0 Å². The van der Waals surface area contributed by atoms with Gasteiger partial charge in [-0.15, -0.1) is 0 Å². The summed E-state index contributed by atoms with van der Waals surface area (Å²) in [5, 5.41) is 0.527. The Hall–Kier alpha value is -1.52. The molecule has 0 aliphatic rings. The van der Waals surface area contributed by atoms with E-state index in [4.69, 9.17) is 17.3 Å². The van der Waals surface area contributed by atoms with Crippen molar-refractivity contribution in [3.63, 3.8) is 0 Å². The van der Waals surface area contributed by atoms with Crippen LogP contribution in [0.2, 0.25) is 5.02 Å². The molecular weight excluding hydrogens is 275 g/mol. The molecule has 2 aromatic carbocycles. The van der Waals surface area contributed by atoms with E-state index in [0.717, 1.165) is 17.7 Å². The predicted octanol–water partition coefficient (Wildman–Crippen LogP) is 4.11. The highest BCUT2D eigenvalue weighted by atomic mass is 35.5. The molecule has 0 radical (unpaired) electrons. The Morgan fingerprint density at radius 3 is 2.26 bits per heavy atom. The molecule has 19 heavy (non-hydrogen) atoms. The smallest absolute Gasteiger partial charge is 0.194 e. The average molecular weight is 286 g/mol. The third kappa shape index (κ3) is 2.60. The van der Waals surface area contributed by atoms with Gasteiger partial charge in [0.05, 0.1) is 6.04 Å². The minimum absolute atomic E-state index is 0.0932. The van der Waals surface area contributed by atoms with Crippen LogP contribution in [0.4, 0.5) is 13.2 Å². The molecular formula is C14H11ClF3N. The summed E-state index contributed by atoms with van der Waals surface area (Å²) >= 11 is 5.82. The van der Waals surface area contributed by atoms with Gasteiger partial charge in [-0.3, -0.25) is 0 Å². The summed E-state index contributed by atoms with van der Waals surface area (Å²) in [6, 6.07) is 6.05. The van der Waals surface area contributed by atoms with Gasteiger partial charge in [0.1, 0.15) is 0 Å². The molecule has 100 valence electrons. The zero-order chi connectivity index (χ0) is 14.2. The molecule has 1 atom stereocenters. The average Bonchev–Trinajstić information content (AvgIpc) is 2.35. The monoisotopic (exact) mass is 285 g/mol. The lowest BCUT2D eigenvalue weighted by Gasteiger charge is -2.16. The molecule has 0 saturated carbocycles. The van der Waals surface area contributed by atoms with E-state index in [9.17, 15) is 13.2 Å². The van der Waals surface area contributed by atoms with Gasteiger partial charge in [0.25, 0.3) is 0 Å². The van der Waals surface area contributed by atoms with Crippen molar-refractivity contribution in [3.05, 3.63) is 69.5 Å². The number of hydrogen-bond donors (Lipinski definition) is 1. The van der Waals surface area contributed by atoms with Gasteiger partial charge in [0.2, 0.25) is 0 Å². The Morgan fingerprint density at radius 1 is 1.00 bits per heavy atom. The Bertz CT molecular complexity index is 628. The molecule has 0 saturated heterocycles. The molecule has 0 fully saturated rings. The first-order valence-electron chi connectivity index (χ1n) is 5.57. The predicted molar refractivity (Wildman–Crippen MR) is 68.5 cm³/mol. The van der Waals surface area contributed by atoms with E-state index in [-0.39, 0.29) is 5.56 Å². The van der Waals surface area contributed by atoms with E-state index in [0.29, 0.717) is 10.6 Å². The Morgan fingerprint density at radius 2 is 1.63 bits per heavy atom. The van der Waals surface area contributed by atoms with Gasteiger partial charge in [-0.2, -0.15) is 0 Å². The highest BCUT2D eigenvalue weighted by molar-refractivity contribution is 6.30. The molecule has 0 heterocycles. The number of rotatable bonds is 2. The third-order valence-corrected chi connectivity index (χ3v) is 3.20. The van der Waals surface area contributed by atoms with Crippen molar-refractivity contribution in [2.75, 3.05) is 0 Å². The summed E-state index contributed by atoms with van der Waals surface area (Å²) in [5.41, 5.74) is 7.18. The van der Waals surface area contributed by atoms with Crippen LogP contribution >= 0.6 is 11.6 Å². The Kier molecular flexibility index (Phi) is 3.83. The van der Waals surface area contributed by atoms with Crippen LogP contribution in [-0.4, -0.2) is 0 Å². The van der Waals surface area contributed by atoms with Crippen molar-refractivity contribution >= 4 is 11.6 Å². The van der Waals surface area contributed by atoms with Crippen molar-refractivity contribution in [2.24, 2.45) is 5.73 Å². The molecule has 1 unspecified atom stereocenters. The van der Waals surface area contributed by atoms with Crippen LogP contribution in [0.25, 0.3) is 0 Å². The molecule has 0 bridgehead atoms. The second-order valence-electron chi connectivity index (χ2n) is 4.24. The number of nitrogens with two attached hydrogens (primary N) is 1. The first kappa shape index (κ1) is 13.9. The van der Waals surface area contributed by atoms with E-state index in [1.807, 2.05) is 0 Å². The van der Waals surface area contributed by atoms with Crippen LogP contribution in [0.3, 0.4) is 0 Å². The second kappa shape index (κ2) is 5.23. The van der Waals surface area contributed by atoms with E-state index >= 15 is 0 Å². The van der Waals surface area contributed by atoms with Gasteiger partial charge in [0, 0.05) is 10.6 Å². The van der Waals surface area contributed by atoms with E-state index in [2.05, 4.69) is 0 Å². The molecule has 1 nitrogen and oxygen atoms in total. The van der Waals surface area contributed by atoms with Gasteiger partial charge >= 0.3 is 0 Å². The zero-order valence-electron chi connectivity index (χ0n) is 10.1. The molecule has 2 N–H and O–H groups in total. The molecule has 5 heteroatoms. The maximum atomic E-state index is 13.7. The lowest BCUT2D eigenvalue weighted by atomic mass is 9.95. The summed E-state index contributed by atoms with van der Waals surface area (Å²) in [5.74, 6) is -4.01. The maximum absolute atomic E-state index is 13.7. The minimum atomic E-state index is -1.51. The number of hydrogen-bond acceptors (Lipinski definition) is 1. The van der Waals surface area contributed by atoms with Crippen LogP contribution in [0.5, 0.6) is 0 Å². The number of halogens is 4. The van der Waals surface area contributed by atoms with Crippen LogP contribution in [-0.2, 0) is 0 Å². The summed E-state index contributed by atoms with van der Waals surface area (Å²) in [7, 11) is 0. The molecule has 0 aliphatic heterocycles. The molecule has 2 rings (SSSR count). The largest absolute Gasteiger partial charge is 0.320 e. The first-order valence-corrected chi connectivity index (χ1v) is 5.94. The molecule has 0 amide bonds. The van der Waals surface area contributed by atoms with Gasteiger partial charge in [-0.05, 0) is 36.2 Å². The fourth-order valence-electron chi connectivity index (χ4n) is 1.94. The third-order valence-electron chi connectivity index (χ3n) is 2.97. The Labute approximate surface area is 113 Å². The van der Waals surface area contributed by atoms with Crippen molar-refractivity contribution in [3.8, 4) is 0 Å². The zero-order valence-corrected chi connectivity index (χ0v) is 10.8. The highest BCUT2D eigenvalue weighted by Gasteiger charge is 2.20. The fourth-order valence-corrected chi connectivity index (χ4v) is 2.16. The van der Waals surface area contributed by atoms with Gasteiger partial charge in [-0.25, -0.2) is 13.2 Å². The first-order chi connectivity index (χ1) is 8.91. The van der Waals surface area contributed by atoms with Gasteiger partial charge in [-0.1, -0.05) is 23.7 Å². The van der Waals surface area contributed by atoms with Crippen LogP contribution in [0.15, 0.2) is 30.3 Å².